The molecule has 6 heteroatoms. The molecule has 96 valence electrons. The standard InChI is InChI=1S/C12H12BrNO4/c13-9-3-1-2-4-10(9)14-6-8(5-12(16)17)18-7-11(14)15/h1-4,8H,5-7H2,(H,16,17). The van der Waals surface area contributed by atoms with E-state index < -0.39 is 12.1 Å². The Labute approximate surface area is 112 Å². The minimum Gasteiger partial charge on any atom is -0.481 e. The third-order valence-electron chi connectivity index (χ3n) is 2.68. The zero-order chi connectivity index (χ0) is 13.1. The monoisotopic (exact) mass is 313 g/mol. The number of amides is 1. The van der Waals surface area contributed by atoms with Gasteiger partial charge in [-0.25, -0.2) is 0 Å². The van der Waals surface area contributed by atoms with Crippen LogP contribution in [0.2, 0.25) is 0 Å². The first kappa shape index (κ1) is 13.0. The van der Waals surface area contributed by atoms with E-state index in [4.69, 9.17) is 9.84 Å². The quantitative estimate of drug-likeness (QED) is 0.921. The minimum absolute atomic E-state index is 0.0840. The van der Waals surface area contributed by atoms with Gasteiger partial charge in [0.1, 0.15) is 6.61 Å². The lowest BCUT2D eigenvalue weighted by molar-refractivity contribution is -0.143. The number of ether oxygens (including phenoxy) is 1. The van der Waals surface area contributed by atoms with Crippen LogP contribution in [-0.2, 0) is 14.3 Å². The molecule has 0 spiro atoms. The largest absolute Gasteiger partial charge is 0.481 e. The predicted molar refractivity (Wildman–Crippen MR) is 68.5 cm³/mol. The van der Waals surface area contributed by atoms with Crippen LogP contribution in [0.25, 0.3) is 0 Å². The lowest BCUT2D eigenvalue weighted by atomic mass is 10.2. The summed E-state index contributed by atoms with van der Waals surface area (Å²) in [6.45, 7) is 0.174. The van der Waals surface area contributed by atoms with E-state index in [1.54, 1.807) is 4.90 Å². The average Bonchev–Trinajstić information content (AvgIpc) is 2.32. The molecule has 0 aliphatic carbocycles. The van der Waals surface area contributed by atoms with Gasteiger partial charge in [-0.1, -0.05) is 12.1 Å². The third-order valence-corrected chi connectivity index (χ3v) is 3.35. The smallest absolute Gasteiger partial charge is 0.306 e. The number of carboxylic acids is 1. The highest BCUT2D eigenvalue weighted by atomic mass is 79.9. The lowest BCUT2D eigenvalue weighted by Crippen LogP contribution is -2.47. The number of benzene rings is 1. The van der Waals surface area contributed by atoms with Gasteiger partial charge >= 0.3 is 5.97 Å². The van der Waals surface area contributed by atoms with E-state index in [0.717, 1.165) is 10.2 Å². The lowest BCUT2D eigenvalue weighted by Gasteiger charge is -2.32. The van der Waals surface area contributed by atoms with Crippen LogP contribution in [0, 0.1) is 0 Å². The molecule has 0 bridgehead atoms. The van der Waals surface area contributed by atoms with Crippen LogP contribution in [0.1, 0.15) is 6.42 Å². The van der Waals surface area contributed by atoms with Crippen molar-refractivity contribution >= 4 is 33.5 Å². The summed E-state index contributed by atoms with van der Waals surface area (Å²) in [6, 6.07) is 7.33. The highest BCUT2D eigenvalue weighted by Gasteiger charge is 2.29. The minimum atomic E-state index is -0.929. The van der Waals surface area contributed by atoms with Gasteiger partial charge in [0.25, 0.3) is 5.91 Å². The number of anilines is 1. The van der Waals surface area contributed by atoms with Crippen molar-refractivity contribution in [1.29, 1.82) is 0 Å². The summed E-state index contributed by atoms with van der Waals surface area (Å²) in [7, 11) is 0. The number of hydrogen-bond donors (Lipinski definition) is 1. The van der Waals surface area contributed by atoms with Crippen LogP contribution in [0.5, 0.6) is 0 Å². The highest BCUT2D eigenvalue weighted by Crippen LogP contribution is 2.28. The first-order chi connectivity index (χ1) is 8.58. The van der Waals surface area contributed by atoms with Gasteiger partial charge < -0.3 is 14.7 Å². The van der Waals surface area contributed by atoms with E-state index in [-0.39, 0.29) is 25.5 Å². The molecule has 1 saturated heterocycles. The Morgan fingerprint density at radius 3 is 2.89 bits per heavy atom. The van der Waals surface area contributed by atoms with Crippen LogP contribution in [0.4, 0.5) is 5.69 Å². The highest BCUT2D eigenvalue weighted by molar-refractivity contribution is 9.10. The topological polar surface area (TPSA) is 66.8 Å². The summed E-state index contributed by atoms with van der Waals surface area (Å²) < 4.78 is 6.01. The molecule has 5 nitrogen and oxygen atoms in total. The Morgan fingerprint density at radius 1 is 1.50 bits per heavy atom. The van der Waals surface area contributed by atoms with Gasteiger partial charge in [0.2, 0.25) is 0 Å². The molecule has 1 N–H and O–H groups in total. The number of nitrogens with zero attached hydrogens (tertiary/aromatic N) is 1. The normalized spacial score (nSPS) is 19.9. The number of carboxylic acid groups (broad SMARTS) is 1. The van der Waals surface area contributed by atoms with Gasteiger partial charge in [-0.05, 0) is 28.1 Å². The summed E-state index contributed by atoms with van der Waals surface area (Å²) in [5, 5.41) is 8.75. The molecule has 1 aliphatic rings. The fourth-order valence-corrected chi connectivity index (χ4v) is 2.35. The van der Waals surface area contributed by atoms with Crippen molar-refractivity contribution in [3.05, 3.63) is 28.7 Å². The number of halogens is 1. The van der Waals surface area contributed by atoms with Crippen molar-refractivity contribution in [2.24, 2.45) is 0 Å². The number of morpholine rings is 1. The second-order valence-electron chi connectivity index (χ2n) is 3.99. The molecule has 0 radical (unpaired) electrons. The van der Waals surface area contributed by atoms with Crippen LogP contribution >= 0.6 is 15.9 Å². The molecule has 1 heterocycles. The first-order valence-corrected chi connectivity index (χ1v) is 6.25. The van der Waals surface area contributed by atoms with Gasteiger partial charge in [-0.2, -0.15) is 0 Å². The van der Waals surface area contributed by atoms with Crippen molar-refractivity contribution in [3.63, 3.8) is 0 Å². The van der Waals surface area contributed by atoms with Crippen LogP contribution in [-0.4, -0.2) is 36.2 Å². The Kier molecular flexibility index (Phi) is 3.98. The average molecular weight is 314 g/mol. The van der Waals surface area contributed by atoms with Gasteiger partial charge in [-0.15, -0.1) is 0 Å². The second kappa shape index (κ2) is 5.49. The summed E-state index contributed by atoms with van der Waals surface area (Å²) in [4.78, 5) is 24.0. The fourth-order valence-electron chi connectivity index (χ4n) is 1.85. The summed E-state index contributed by atoms with van der Waals surface area (Å²) in [5.41, 5.74) is 0.737. The summed E-state index contributed by atoms with van der Waals surface area (Å²) in [5.74, 6) is -1.09. The van der Waals surface area contributed by atoms with Gasteiger partial charge in [-0.3, -0.25) is 9.59 Å². The van der Waals surface area contributed by atoms with Crippen molar-refractivity contribution in [2.75, 3.05) is 18.1 Å². The van der Waals surface area contributed by atoms with E-state index in [9.17, 15) is 9.59 Å². The Bertz CT molecular complexity index is 477. The maximum absolute atomic E-state index is 11.8. The number of rotatable bonds is 3. The van der Waals surface area contributed by atoms with E-state index in [1.807, 2.05) is 24.3 Å². The Morgan fingerprint density at radius 2 is 2.22 bits per heavy atom. The Hall–Kier alpha value is -1.40. The summed E-state index contributed by atoms with van der Waals surface area (Å²) in [6.07, 6.45) is -0.568. The predicted octanol–water partition coefficient (Wildman–Crippen LogP) is 1.66. The number of carbonyl (C=O) groups is 2. The number of hydrogen-bond acceptors (Lipinski definition) is 3. The number of carbonyl (C=O) groups excluding carboxylic acids is 1. The molecule has 1 aromatic rings. The molecule has 1 aromatic carbocycles. The van der Waals surface area contributed by atoms with E-state index in [0.29, 0.717) is 0 Å². The van der Waals surface area contributed by atoms with Gasteiger partial charge in [0, 0.05) is 4.47 Å². The zero-order valence-corrected chi connectivity index (χ0v) is 11.1. The molecule has 1 amide bonds. The SMILES string of the molecule is O=C(O)CC1CN(c2ccccc2Br)C(=O)CO1. The molecule has 1 atom stereocenters. The number of para-hydroxylation sites is 1. The molecule has 0 saturated carbocycles. The van der Waals surface area contributed by atoms with Crippen LogP contribution in [0.15, 0.2) is 28.7 Å². The fraction of sp³-hybridized carbons (Fsp3) is 0.333. The molecule has 1 unspecified atom stereocenters. The maximum Gasteiger partial charge on any atom is 0.306 e. The molecule has 1 fully saturated rings. The Balaban J connectivity index is 2.18. The maximum atomic E-state index is 11.8. The van der Waals surface area contributed by atoms with Crippen molar-refractivity contribution < 1.29 is 19.4 Å². The first-order valence-electron chi connectivity index (χ1n) is 5.46. The number of aliphatic carboxylic acids is 1. The molecular formula is C12H12BrNO4. The third kappa shape index (κ3) is 2.88. The molecular weight excluding hydrogens is 302 g/mol. The molecule has 18 heavy (non-hydrogen) atoms. The second-order valence-corrected chi connectivity index (χ2v) is 4.84. The van der Waals surface area contributed by atoms with Gasteiger partial charge in [0.15, 0.2) is 0 Å². The van der Waals surface area contributed by atoms with Crippen LogP contribution < -0.4 is 4.90 Å². The van der Waals surface area contributed by atoms with Crippen molar-refractivity contribution in [1.82, 2.24) is 0 Å². The molecule has 1 aliphatic heterocycles. The van der Waals surface area contributed by atoms with Crippen LogP contribution in [0.3, 0.4) is 0 Å². The van der Waals surface area contributed by atoms with E-state index in [2.05, 4.69) is 15.9 Å². The molecule has 0 aromatic heterocycles. The zero-order valence-electron chi connectivity index (χ0n) is 9.51. The van der Waals surface area contributed by atoms with E-state index in [1.165, 1.54) is 0 Å². The van der Waals surface area contributed by atoms with Crippen molar-refractivity contribution in [3.8, 4) is 0 Å². The van der Waals surface area contributed by atoms with E-state index >= 15 is 0 Å². The summed E-state index contributed by atoms with van der Waals surface area (Å²) >= 11 is 3.38. The molecule has 2 rings (SSSR count). The van der Waals surface area contributed by atoms with Crippen molar-refractivity contribution in [2.45, 2.75) is 12.5 Å². The van der Waals surface area contributed by atoms with Gasteiger partial charge in [0.05, 0.1) is 24.8 Å².